The fraction of sp³-hybridized carbons (Fsp3) is 0.560. The third kappa shape index (κ3) is 4.00. The van der Waals surface area contributed by atoms with Gasteiger partial charge in [-0.1, -0.05) is 18.2 Å². The van der Waals surface area contributed by atoms with E-state index < -0.39 is 11.3 Å². The summed E-state index contributed by atoms with van der Waals surface area (Å²) in [7, 11) is 1.63. The molecule has 3 aliphatic rings. The molecule has 1 aromatic rings. The minimum absolute atomic E-state index is 0.0288. The molecule has 2 aliphatic heterocycles. The molecule has 0 aromatic heterocycles. The largest absolute Gasteiger partial charge is 0.496 e. The van der Waals surface area contributed by atoms with Crippen molar-refractivity contribution in [3.8, 4) is 5.75 Å². The molecule has 1 saturated heterocycles. The summed E-state index contributed by atoms with van der Waals surface area (Å²) in [6.07, 6.45) is 4.44. The zero-order valence-electron chi connectivity index (χ0n) is 18.9. The lowest BCUT2D eigenvalue weighted by Gasteiger charge is -2.45. The Balaban J connectivity index is 1.44. The Morgan fingerprint density at radius 3 is 2.84 bits per heavy atom. The number of benzene rings is 1. The molecular weight excluding hydrogens is 408 g/mol. The average Bonchev–Trinajstić information content (AvgIpc) is 3.18. The number of methoxy groups -OCH3 is 1. The molecule has 1 aliphatic carbocycles. The lowest BCUT2D eigenvalue weighted by molar-refractivity contribution is -0.161. The molecule has 2 atom stereocenters. The van der Waals surface area contributed by atoms with Crippen LogP contribution in [-0.2, 0) is 25.5 Å². The molecule has 172 valence electrons. The number of allylic oxidation sites excluding steroid dienone is 1. The first kappa shape index (κ1) is 22.4. The van der Waals surface area contributed by atoms with Crippen molar-refractivity contribution in [2.24, 2.45) is 11.3 Å². The Kier molecular flexibility index (Phi) is 6.53. The Morgan fingerprint density at radius 2 is 2.06 bits per heavy atom. The van der Waals surface area contributed by atoms with E-state index in [2.05, 4.69) is 5.32 Å². The van der Waals surface area contributed by atoms with Crippen molar-refractivity contribution in [1.29, 1.82) is 0 Å². The summed E-state index contributed by atoms with van der Waals surface area (Å²) >= 11 is 0. The van der Waals surface area contributed by atoms with E-state index in [1.54, 1.807) is 18.9 Å². The van der Waals surface area contributed by atoms with Crippen LogP contribution in [0, 0.1) is 11.3 Å². The molecule has 0 radical (unpaired) electrons. The van der Waals surface area contributed by atoms with Gasteiger partial charge in [-0.25, -0.2) is 0 Å². The fourth-order valence-electron chi connectivity index (χ4n) is 5.59. The van der Waals surface area contributed by atoms with E-state index in [1.807, 2.05) is 24.3 Å². The van der Waals surface area contributed by atoms with Gasteiger partial charge in [0.05, 0.1) is 13.7 Å². The third-order valence-electron chi connectivity index (χ3n) is 6.99. The molecule has 2 amide bonds. The van der Waals surface area contributed by atoms with Crippen LogP contribution in [0.5, 0.6) is 5.75 Å². The van der Waals surface area contributed by atoms with Gasteiger partial charge in [0.15, 0.2) is 0 Å². The zero-order chi connectivity index (χ0) is 22.7. The van der Waals surface area contributed by atoms with Crippen molar-refractivity contribution >= 4 is 17.8 Å². The number of hydrogen-bond donors (Lipinski definition) is 1. The molecule has 32 heavy (non-hydrogen) atoms. The number of piperidine rings is 1. The first-order valence-electron chi connectivity index (χ1n) is 11.6. The van der Waals surface area contributed by atoms with Crippen LogP contribution in [0.3, 0.4) is 0 Å². The molecule has 0 saturated carbocycles. The number of esters is 1. The fourth-order valence-corrected chi connectivity index (χ4v) is 5.59. The van der Waals surface area contributed by atoms with E-state index in [9.17, 15) is 14.4 Å². The summed E-state index contributed by atoms with van der Waals surface area (Å²) in [5, 5.41) is 2.94. The lowest BCUT2D eigenvalue weighted by Crippen LogP contribution is -2.53. The molecular formula is C25H32N2O5. The van der Waals surface area contributed by atoms with Crippen LogP contribution in [0.4, 0.5) is 0 Å². The molecule has 2 heterocycles. The van der Waals surface area contributed by atoms with E-state index in [-0.39, 0.29) is 24.2 Å². The second-order valence-corrected chi connectivity index (χ2v) is 8.87. The molecule has 4 rings (SSSR count). The van der Waals surface area contributed by atoms with Gasteiger partial charge in [-0.05, 0) is 62.7 Å². The number of nitrogens with one attached hydrogen (secondary N) is 1. The number of para-hydroxylation sites is 1. The summed E-state index contributed by atoms with van der Waals surface area (Å²) in [5.41, 5.74) is 2.35. The highest BCUT2D eigenvalue weighted by atomic mass is 16.5. The smallest absolute Gasteiger partial charge is 0.318 e. The van der Waals surface area contributed by atoms with Gasteiger partial charge in [0, 0.05) is 31.1 Å². The van der Waals surface area contributed by atoms with E-state index in [0.717, 1.165) is 36.3 Å². The van der Waals surface area contributed by atoms with Crippen molar-refractivity contribution in [2.45, 2.75) is 51.9 Å². The lowest BCUT2D eigenvalue weighted by atomic mass is 9.71. The van der Waals surface area contributed by atoms with Crippen LogP contribution >= 0.6 is 0 Å². The van der Waals surface area contributed by atoms with Gasteiger partial charge in [-0.2, -0.15) is 0 Å². The normalized spacial score (nSPS) is 24.2. The highest BCUT2D eigenvalue weighted by molar-refractivity contribution is 5.93. The molecule has 0 bridgehead atoms. The number of carbonyl (C=O) groups is 3. The standard InChI is InChI=1S/C25H32N2O5/c1-3-32-24(30)25-12-10-18-8-6-14-27(22(18)25)23(29)19(16-25)15-21(28)26-13-11-17-7-4-5-9-20(17)31-2/h4-5,7,9,19H,3,6,8,10-16H2,1-2H3,(H,26,28)/t19-,25-/m1/s1. The summed E-state index contributed by atoms with van der Waals surface area (Å²) in [5.74, 6) is -0.154. The molecule has 1 fully saturated rings. The number of amides is 2. The van der Waals surface area contributed by atoms with Crippen molar-refractivity contribution in [3.05, 3.63) is 41.1 Å². The first-order valence-corrected chi connectivity index (χ1v) is 11.6. The maximum absolute atomic E-state index is 13.3. The zero-order valence-corrected chi connectivity index (χ0v) is 18.9. The van der Waals surface area contributed by atoms with Gasteiger partial charge < -0.3 is 19.7 Å². The number of nitrogens with zero attached hydrogens (tertiary/aromatic N) is 1. The number of carbonyl (C=O) groups excluding carboxylic acids is 3. The highest BCUT2D eigenvalue weighted by Crippen LogP contribution is 2.55. The summed E-state index contributed by atoms with van der Waals surface area (Å²) in [6.45, 7) is 3.19. The molecule has 1 N–H and O–H groups in total. The maximum atomic E-state index is 13.3. The van der Waals surface area contributed by atoms with Crippen LogP contribution < -0.4 is 10.1 Å². The van der Waals surface area contributed by atoms with Crippen LogP contribution in [-0.4, -0.2) is 49.5 Å². The molecule has 7 heteroatoms. The summed E-state index contributed by atoms with van der Waals surface area (Å²) in [6, 6.07) is 7.72. The third-order valence-corrected chi connectivity index (χ3v) is 6.99. The number of rotatable bonds is 8. The quantitative estimate of drug-likeness (QED) is 0.628. The van der Waals surface area contributed by atoms with Gasteiger partial charge in [0.1, 0.15) is 11.2 Å². The maximum Gasteiger partial charge on any atom is 0.318 e. The molecule has 0 spiro atoms. The predicted octanol–water partition coefficient (Wildman–Crippen LogP) is 2.98. The Labute approximate surface area is 189 Å². The number of ether oxygens (including phenoxy) is 2. The van der Waals surface area contributed by atoms with Crippen LogP contribution in [0.15, 0.2) is 35.5 Å². The summed E-state index contributed by atoms with van der Waals surface area (Å²) < 4.78 is 10.8. The van der Waals surface area contributed by atoms with Gasteiger partial charge in [-0.15, -0.1) is 0 Å². The van der Waals surface area contributed by atoms with Gasteiger partial charge in [0.2, 0.25) is 11.8 Å². The highest BCUT2D eigenvalue weighted by Gasteiger charge is 2.57. The van der Waals surface area contributed by atoms with Crippen molar-refractivity contribution < 1.29 is 23.9 Å². The van der Waals surface area contributed by atoms with E-state index in [1.165, 1.54) is 5.57 Å². The van der Waals surface area contributed by atoms with Crippen molar-refractivity contribution in [3.63, 3.8) is 0 Å². The minimum Gasteiger partial charge on any atom is -0.496 e. The predicted molar refractivity (Wildman–Crippen MR) is 119 cm³/mol. The van der Waals surface area contributed by atoms with Crippen molar-refractivity contribution in [1.82, 2.24) is 10.2 Å². The SMILES string of the molecule is CCOC(=O)[C@@]12CCC3=C1N(CCC3)C(=O)[C@H](CC(=O)NCCc1ccccc1OC)C2. The Hall–Kier alpha value is -2.83. The van der Waals surface area contributed by atoms with Gasteiger partial charge in [0.25, 0.3) is 0 Å². The van der Waals surface area contributed by atoms with Crippen LogP contribution in [0.25, 0.3) is 0 Å². The van der Waals surface area contributed by atoms with E-state index in [4.69, 9.17) is 9.47 Å². The van der Waals surface area contributed by atoms with E-state index >= 15 is 0 Å². The molecule has 1 aromatic carbocycles. The second kappa shape index (κ2) is 9.35. The first-order chi connectivity index (χ1) is 15.5. The van der Waals surface area contributed by atoms with Gasteiger partial charge >= 0.3 is 5.97 Å². The monoisotopic (exact) mass is 440 g/mol. The van der Waals surface area contributed by atoms with Gasteiger partial charge in [-0.3, -0.25) is 14.4 Å². The Morgan fingerprint density at radius 1 is 1.25 bits per heavy atom. The Bertz CT molecular complexity index is 940. The van der Waals surface area contributed by atoms with Crippen LogP contribution in [0.2, 0.25) is 0 Å². The van der Waals surface area contributed by atoms with Crippen molar-refractivity contribution in [2.75, 3.05) is 26.8 Å². The number of hydrogen-bond acceptors (Lipinski definition) is 5. The average molecular weight is 441 g/mol. The molecule has 7 nitrogen and oxygen atoms in total. The minimum atomic E-state index is -0.776. The van der Waals surface area contributed by atoms with Crippen LogP contribution in [0.1, 0.15) is 51.0 Å². The van der Waals surface area contributed by atoms with E-state index in [0.29, 0.717) is 39.0 Å². The molecule has 0 unspecified atom stereocenters. The topological polar surface area (TPSA) is 84.9 Å². The second-order valence-electron chi connectivity index (χ2n) is 8.87. The summed E-state index contributed by atoms with van der Waals surface area (Å²) in [4.78, 5) is 40.8.